The summed E-state index contributed by atoms with van der Waals surface area (Å²) in [7, 11) is 0. The van der Waals surface area contributed by atoms with Crippen molar-refractivity contribution in [3.8, 4) is 0 Å². The molecule has 18 valence electrons. The molecule has 0 saturated carbocycles. The molecule has 0 aliphatic carbocycles. The van der Waals surface area contributed by atoms with E-state index in [0.29, 0.717) is 0 Å². The Bertz CT molecular complexity index is 8.00. The first-order chi connectivity index (χ1) is 1.00. The van der Waals surface area contributed by atoms with Crippen molar-refractivity contribution in [2.24, 2.45) is 0 Å². The summed E-state index contributed by atoms with van der Waals surface area (Å²) in [5.74, 6) is 0. The van der Waals surface area contributed by atoms with E-state index in [1.54, 1.807) is 0 Å². The zero-order valence-electron chi connectivity index (χ0n) is 2.23. The van der Waals surface area contributed by atoms with E-state index >= 15 is 0 Å². The molecular weight excluding hydrogens is 380 g/mol. The molecule has 0 spiro atoms. The molecular formula is HInOWZn. The van der Waals surface area contributed by atoms with Gasteiger partial charge in [0, 0.05) is 40.5 Å². The first kappa shape index (κ1) is 16.7. The Morgan fingerprint density at radius 3 is 1.25 bits per heavy atom. The number of rotatable bonds is 0. The molecule has 4 heavy (non-hydrogen) atoms. The molecule has 0 saturated heterocycles. The molecule has 0 aliphatic rings. The van der Waals surface area contributed by atoms with Crippen molar-refractivity contribution >= 4 is 24.4 Å². The Morgan fingerprint density at radius 1 is 1.25 bits per heavy atom. The summed E-state index contributed by atoms with van der Waals surface area (Å²) in [4.78, 5) is 0. The smallest absolute Gasteiger partial charge is 0 e. The summed E-state index contributed by atoms with van der Waals surface area (Å²) >= 11 is -0.1000. The van der Waals surface area contributed by atoms with Crippen LogP contribution in [0.25, 0.3) is 0 Å². The molecule has 0 heterocycles. The van der Waals surface area contributed by atoms with E-state index in [9.17, 15) is 0 Å². The third-order valence-electron chi connectivity index (χ3n) is 0. The quantitative estimate of drug-likeness (QED) is 0.504. The maximum Gasteiger partial charge on any atom is 0 e. The van der Waals surface area contributed by atoms with Crippen molar-refractivity contribution in [2.75, 3.05) is 0 Å². The van der Waals surface area contributed by atoms with Crippen LogP contribution in [0.3, 0.4) is 0 Å². The Hall–Kier alpha value is 1.98. The Morgan fingerprint density at radius 2 is 1.25 bits per heavy atom. The zero-order valence-corrected chi connectivity index (χ0v) is 12.2. The third kappa shape index (κ3) is 9.01. The largest absolute Gasteiger partial charge is 0 e. The fourth-order valence-corrected chi connectivity index (χ4v) is 0. The summed E-state index contributed by atoms with van der Waals surface area (Å²) in [6, 6.07) is 0. The topological polar surface area (TPSA) is 17.1 Å². The van der Waals surface area contributed by atoms with Crippen molar-refractivity contribution < 1.29 is 43.4 Å². The van der Waals surface area contributed by atoms with E-state index in [1.165, 1.54) is 0 Å². The molecule has 0 aromatic carbocycles. The molecule has 0 radical (unpaired) electrons. The van der Waals surface area contributed by atoms with Crippen LogP contribution in [0.4, 0.5) is 0 Å². The Kier molecular flexibility index (Phi) is 83.9. The van der Waals surface area contributed by atoms with Gasteiger partial charge in [-0.15, -0.1) is 0 Å². The van der Waals surface area contributed by atoms with E-state index in [0.717, 1.165) is 0 Å². The van der Waals surface area contributed by atoms with Gasteiger partial charge in [-0.3, -0.25) is 0 Å². The fourth-order valence-electron chi connectivity index (χ4n) is 0. The van der Waals surface area contributed by atoms with Crippen LogP contribution in [0, 0.1) is 0 Å². The maximum atomic E-state index is 8.42. The molecule has 1 nitrogen and oxygen atoms in total. The molecule has 0 aliphatic heterocycles. The Labute approximate surface area is 66.9 Å². The summed E-state index contributed by atoms with van der Waals surface area (Å²) in [6.07, 6.45) is 0. The first-order valence-electron chi connectivity index (χ1n) is 0.289. The number of hydrogen-bond donors (Lipinski definition) is 0. The van der Waals surface area contributed by atoms with Crippen LogP contribution in [0.15, 0.2) is 0 Å². The van der Waals surface area contributed by atoms with E-state index in [1.807, 2.05) is 0 Å². The van der Waals surface area contributed by atoms with Crippen molar-refractivity contribution in [3.63, 3.8) is 0 Å². The molecule has 0 aromatic heterocycles. The van der Waals surface area contributed by atoms with Crippen LogP contribution < -0.4 is 0 Å². The first-order valence-corrected chi connectivity index (χ1v) is 1.94. The SMILES string of the molecule is [O]=[InH].[W].[Zn]. The molecule has 0 atom stereocenters. The summed E-state index contributed by atoms with van der Waals surface area (Å²) in [6.45, 7) is 0. The van der Waals surface area contributed by atoms with Crippen LogP contribution in [0.5, 0.6) is 0 Å². The molecule has 0 bridgehead atoms. The Balaban J connectivity index is -0.00000000500. The van der Waals surface area contributed by atoms with Gasteiger partial charge in [0.2, 0.25) is 0 Å². The second kappa shape index (κ2) is 20.1. The zero-order chi connectivity index (χ0) is 2.00. The van der Waals surface area contributed by atoms with Gasteiger partial charge in [0.05, 0.1) is 0 Å². The molecule has 0 aromatic rings. The molecule has 0 N–H and O–H groups in total. The van der Waals surface area contributed by atoms with Gasteiger partial charge in [0.1, 0.15) is 0 Å². The van der Waals surface area contributed by atoms with Crippen molar-refractivity contribution in [1.82, 2.24) is 0 Å². The van der Waals surface area contributed by atoms with Crippen molar-refractivity contribution in [3.05, 3.63) is 0 Å². The predicted molar refractivity (Wildman–Crippen MR) is 7.84 cm³/mol. The molecule has 0 rings (SSSR count). The van der Waals surface area contributed by atoms with Crippen LogP contribution >= 0.6 is 0 Å². The van der Waals surface area contributed by atoms with Gasteiger partial charge < -0.3 is 0 Å². The van der Waals surface area contributed by atoms with E-state index < -0.39 is 0 Å². The van der Waals surface area contributed by atoms with Crippen LogP contribution in [0.1, 0.15) is 0 Å². The van der Waals surface area contributed by atoms with E-state index in [2.05, 4.69) is 0 Å². The normalized spacial score (nSPS) is 0.750. The standard InChI is InChI=1S/In.O.W.Zn.H. The minimum atomic E-state index is -0.1000. The molecule has 0 amide bonds. The van der Waals surface area contributed by atoms with Crippen LogP contribution in [0.2, 0.25) is 0 Å². The van der Waals surface area contributed by atoms with Crippen molar-refractivity contribution in [2.45, 2.75) is 0 Å². The van der Waals surface area contributed by atoms with Gasteiger partial charge in [0.25, 0.3) is 0 Å². The fraction of sp³-hybridized carbons (Fsp3) is 0. The molecule has 0 unspecified atom stereocenters. The summed E-state index contributed by atoms with van der Waals surface area (Å²) < 4.78 is 8.42. The minimum absolute atomic E-state index is 0. The van der Waals surface area contributed by atoms with Gasteiger partial charge in [-0.25, -0.2) is 0 Å². The van der Waals surface area contributed by atoms with E-state index in [4.69, 9.17) is 2.85 Å². The van der Waals surface area contributed by atoms with Gasteiger partial charge in [-0.2, -0.15) is 0 Å². The predicted octanol–water partition coefficient (Wildman–Crippen LogP) is -0.772. The maximum absolute atomic E-state index is 8.42. The molecule has 0 fully saturated rings. The molecule has 4 heteroatoms. The average Bonchev–Trinajstić information content (AvgIpc) is 1.00. The van der Waals surface area contributed by atoms with Gasteiger partial charge in [-0.05, 0) is 0 Å². The summed E-state index contributed by atoms with van der Waals surface area (Å²) in [5.41, 5.74) is 0. The number of hydrogen-bond acceptors (Lipinski definition) is 1. The monoisotopic (exact) mass is 380 g/mol. The van der Waals surface area contributed by atoms with E-state index in [-0.39, 0.29) is 64.9 Å². The van der Waals surface area contributed by atoms with Gasteiger partial charge in [-0.1, -0.05) is 0 Å². The van der Waals surface area contributed by atoms with Crippen LogP contribution in [-0.2, 0) is 43.4 Å². The van der Waals surface area contributed by atoms with Gasteiger partial charge in [0.15, 0.2) is 0 Å². The van der Waals surface area contributed by atoms with Crippen molar-refractivity contribution in [1.29, 1.82) is 0 Å². The van der Waals surface area contributed by atoms with Gasteiger partial charge >= 0.3 is 27.2 Å². The average molecular weight is 381 g/mol. The minimum Gasteiger partial charge on any atom is 0 e. The van der Waals surface area contributed by atoms with Crippen LogP contribution in [-0.4, -0.2) is 24.4 Å². The third-order valence-corrected chi connectivity index (χ3v) is 0. The second-order valence-electron chi connectivity index (χ2n) is 0. The summed E-state index contributed by atoms with van der Waals surface area (Å²) in [5, 5.41) is 0. The second-order valence-corrected chi connectivity index (χ2v) is 0.